The minimum Gasteiger partial charge on any atom is -0.367 e. The van der Waals surface area contributed by atoms with Crippen molar-refractivity contribution in [3.05, 3.63) is 51.2 Å². The van der Waals surface area contributed by atoms with Crippen LogP contribution in [-0.2, 0) is 6.54 Å². The van der Waals surface area contributed by atoms with Crippen LogP contribution in [0.5, 0.6) is 0 Å². The van der Waals surface area contributed by atoms with Gasteiger partial charge in [-0.25, -0.2) is 4.98 Å². The van der Waals surface area contributed by atoms with E-state index >= 15 is 0 Å². The van der Waals surface area contributed by atoms with E-state index in [4.69, 9.17) is 11.6 Å². The predicted octanol–water partition coefficient (Wildman–Crippen LogP) is 1.61. The number of rotatable bonds is 3. The highest BCUT2D eigenvalue weighted by Crippen LogP contribution is 2.14. The largest absolute Gasteiger partial charge is 0.367 e. The lowest BCUT2D eigenvalue weighted by molar-refractivity contribution is -0.405. The Kier molecular flexibility index (Phi) is 3.99. The molecule has 0 aromatic carbocycles. The molecule has 0 spiro atoms. The second-order valence-electron chi connectivity index (χ2n) is 3.99. The summed E-state index contributed by atoms with van der Waals surface area (Å²) in [5.74, 6) is 0.543. The van der Waals surface area contributed by atoms with E-state index in [9.17, 15) is 10.1 Å². The summed E-state index contributed by atoms with van der Waals surface area (Å²) in [5, 5.41) is 14.0. The monoisotopic (exact) mass is 268 g/mol. The summed E-state index contributed by atoms with van der Waals surface area (Å²) in [5.41, 5.74) is 0.970. The van der Waals surface area contributed by atoms with Crippen LogP contribution in [0.4, 0.5) is 0 Å². The highest BCUT2D eigenvalue weighted by Gasteiger charge is 2.17. The molecule has 0 radical (unpaired) electrons. The Balaban J connectivity index is 2.10. The molecule has 0 amide bonds. The van der Waals surface area contributed by atoms with Gasteiger partial charge in [-0.1, -0.05) is 17.7 Å². The quantitative estimate of drug-likeness (QED) is 0.512. The van der Waals surface area contributed by atoms with E-state index in [0.29, 0.717) is 17.5 Å². The van der Waals surface area contributed by atoms with Crippen molar-refractivity contribution in [2.45, 2.75) is 13.0 Å². The lowest BCUT2D eigenvalue weighted by Crippen LogP contribution is -2.39. The number of pyridine rings is 1. The lowest BCUT2D eigenvalue weighted by Gasteiger charge is -2.30. The average Bonchev–Trinajstić information content (AvgIpc) is 2.34. The molecule has 96 valence electrons. The van der Waals surface area contributed by atoms with Gasteiger partial charge in [0.15, 0.2) is 5.82 Å². The molecule has 0 atom stereocenters. The van der Waals surface area contributed by atoms with Crippen LogP contribution in [0.2, 0.25) is 5.15 Å². The highest BCUT2D eigenvalue weighted by molar-refractivity contribution is 6.29. The number of nitro groups is 1. The summed E-state index contributed by atoms with van der Waals surface area (Å²) in [6.45, 7) is 2.13. The molecule has 1 aromatic rings. The number of aromatic nitrogens is 1. The third-order valence-corrected chi connectivity index (χ3v) is 2.86. The van der Waals surface area contributed by atoms with Crippen molar-refractivity contribution in [1.82, 2.24) is 15.2 Å². The molecule has 1 aromatic heterocycles. The Labute approximate surface area is 109 Å². The Morgan fingerprint density at radius 3 is 3.11 bits per heavy atom. The van der Waals surface area contributed by atoms with Crippen LogP contribution in [0.1, 0.15) is 12.0 Å². The van der Waals surface area contributed by atoms with E-state index in [1.165, 1.54) is 0 Å². The zero-order valence-corrected chi connectivity index (χ0v) is 10.4. The van der Waals surface area contributed by atoms with Gasteiger partial charge in [0.25, 0.3) is 6.20 Å². The molecule has 2 heterocycles. The number of nitrogens with one attached hydrogen (secondary N) is 1. The first-order valence-corrected chi connectivity index (χ1v) is 5.97. The highest BCUT2D eigenvalue weighted by atomic mass is 35.5. The molecule has 1 N–H and O–H groups in total. The zero-order chi connectivity index (χ0) is 13.0. The van der Waals surface area contributed by atoms with E-state index < -0.39 is 4.92 Å². The Morgan fingerprint density at radius 2 is 2.44 bits per heavy atom. The van der Waals surface area contributed by atoms with Crippen LogP contribution < -0.4 is 5.32 Å². The summed E-state index contributed by atoms with van der Waals surface area (Å²) in [4.78, 5) is 16.0. The molecular weight excluding hydrogens is 256 g/mol. The third-order valence-electron chi connectivity index (χ3n) is 2.64. The van der Waals surface area contributed by atoms with Gasteiger partial charge >= 0.3 is 0 Å². The fraction of sp³-hybridized carbons (Fsp3) is 0.364. The number of hydrogen-bond acceptors (Lipinski definition) is 5. The zero-order valence-electron chi connectivity index (χ0n) is 9.67. The molecule has 0 saturated carbocycles. The molecule has 0 unspecified atom stereocenters. The predicted molar refractivity (Wildman–Crippen MR) is 67.4 cm³/mol. The molecule has 1 aliphatic rings. The van der Waals surface area contributed by atoms with Gasteiger partial charge in [-0.2, -0.15) is 0 Å². The van der Waals surface area contributed by atoms with Gasteiger partial charge in [0.2, 0.25) is 0 Å². The third kappa shape index (κ3) is 3.33. The first-order valence-electron chi connectivity index (χ1n) is 5.60. The van der Waals surface area contributed by atoms with E-state index in [0.717, 1.165) is 31.3 Å². The minimum absolute atomic E-state index is 0.441. The second-order valence-corrected chi connectivity index (χ2v) is 4.38. The molecule has 18 heavy (non-hydrogen) atoms. The maximum absolute atomic E-state index is 10.5. The summed E-state index contributed by atoms with van der Waals surface area (Å²) in [6, 6.07) is 3.58. The van der Waals surface area contributed by atoms with Crippen molar-refractivity contribution >= 4 is 11.6 Å². The van der Waals surface area contributed by atoms with Gasteiger partial charge < -0.3 is 10.2 Å². The van der Waals surface area contributed by atoms with Crippen LogP contribution >= 0.6 is 11.6 Å². The first kappa shape index (κ1) is 12.6. The maximum Gasteiger partial charge on any atom is 0.274 e. The van der Waals surface area contributed by atoms with E-state index in [-0.39, 0.29) is 0 Å². The molecule has 7 heteroatoms. The van der Waals surface area contributed by atoms with Gasteiger partial charge in [-0.05, 0) is 18.1 Å². The normalized spacial score (nSPS) is 17.6. The van der Waals surface area contributed by atoms with Gasteiger partial charge in [0.05, 0.1) is 4.92 Å². The van der Waals surface area contributed by atoms with Crippen molar-refractivity contribution < 1.29 is 4.92 Å². The SMILES string of the molecule is O=[N+]([O-])/C=C1/NCCCN1Cc1ccc(Cl)nc1. The Morgan fingerprint density at radius 1 is 1.61 bits per heavy atom. The van der Waals surface area contributed by atoms with Gasteiger partial charge in [-0.15, -0.1) is 0 Å². The maximum atomic E-state index is 10.5. The standard InChI is InChI=1S/C11H13ClN4O2/c12-10-3-2-9(6-14-10)7-15-5-1-4-13-11(15)8-16(17)18/h2-3,6,8,13H,1,4-5,7H2/b11-8-. The number of halogens is 1. The van der Waals surface area contributed by atoms with Crippen LogP contribution in [0.3, 0.4) is 0 Å². The number of nitrogens with zero attached hydrogens (tertiary/aromatic N) is 3. The van der Waals surface area contributed by atoms with Crippen molar-refractivity contribution in [3.8, 4) is 0 Å². The van der Waals surface area contributed by atoms with Gasteiger partial charge in [0, 0.05) is 25.8 Å². The molecule has 1 aliphatic heterocycles. The fourth-order valence-electron chi connectivity index (χ4n) is 1.83. The van der Waals surface area contributed by atoms with Crippen molar-refractivity contribution in [2.75, 3.05) is 13.1 Å². The van der Waals surface area contributed by atoms with Crippen molar-refractivity contribution in [1.29, 1.82) is 0 Å². The van der Waals surface area contributed by atoms with Crippen LogP contribution in [0.15, 0.2) is 30.4 Å². The summed E-state index contributed by atoms with van der Waals surface area (Å²) in [7, 11) is 0. The molecule has 1 fully saturated rings. The summed E-state index contributed by atoms with van der Waals surface area (Å²) < 4.78 is 0. The van der Waals surface area contributed by atoms with E-state index in [1.54, 1.807) is 12.3 Å². The van der Waals surface area contributed by atoms with Crippen molar-refractivity contribution in [2.24, 2.45) is 0 Å². The second kappa shape index (κ2) is 5.68. The first-order chi connectivity index (χ1) is 8.65. The summed E-state index contributed by atoms with van der Waals surface area (Å²) >= 11 is 5.71. The van der Waals surface area contributed by atoms with E-state index in [2.05, 4.69) is 10.3 Å². The molecule has 0 bridgehead atoms. The molecule has 1 saturated heterocycles. The summed E-state index contributed by atoms with van der Waals surface area (Å²) in [6.07, 6.45) is 3.64. The lowest BCUT2D eigenvalue weighted by atomic mass is 10.2. The van der Waals surface area contributed by atoms with Crippen LogP contribution in [0.25, 0.3) is 0 Å². The minimum atomic E-state index is -0.444. The van der Waals surface area contributed by atoms with E-state index in [1.807, 2.05) is 11.0 Å². The molecule has 2 rings (SSSR count). The average molecular weight is 269 g/mol. The molecule has 0 aliphatic carbocycles. The van der Waals surface area contributed by atoms with Crippen LogP contribution in [-0.4, -0.2) is 27.9 Å². The smallest absolute Gasteiger partial charge is 0.274 e. The Bertz CT molecular complexity index is 461. The fourth-order valence-corrected chi connectivity index (χ4v) is 1.94. The van der Waals surface area contributed by atoms with Crippen molar-refractivity contribution in [3.63, 3.8) is 0 Å². The molecule has 6 nitrogen and oxygen atoms in total. The number of hydrogen-bond donors (Lipinski definition) is 1. The van der Waals surface area contributed by atoms with Gasteiger partial charge in [0.1, 0.15) is 5.15 Å². The topological polar surface area (TPSA) is 71.3 Å². The Hall–Kier alpha value is -1.82. The van der Waals surface area contributed by atoms with Gasteiger partial charge in [-0.3, -0.25) is 10.1 Å². The van der Waals surface area contributed by atoms with Crippen LogP contribution in [0, 0.1) is 10.1 Å². The molecular formula is C11H13ClN4O2.